The molecule has 0 aliphatic carbocycles. The maximum atomic E-state index is 12.3. The van der Waals surface area contributed by atoms with Gasteiger partial charge in [0.2, 0.25) is 0 Å². The van der Waals surface area contributed by atoms with Crippen LogP contribution in [-0.4, -0.2) is 21.7 Å². The maximum Gasteiger partial charge on any atom is 0.270 e. The number of thioether (sulfide) groups is 1. The Morgan fingerprint density at radius 3 is 2.64 bits per heavy atom. The SMILES string of the molecule is CSc1ccc(CC(=O)N=c2sc3cc([N+](=O)[O-])ccc3n2C)cc1. The van der Waals surface area contributed by atoms with E-state index in [1.54, 1.807) is 29.4 Å². The standard InChI is InChI=1S/C17H15N3O3S2/c1-19-14-8-5-12(20(22)23)10-15(14)25-17(19)18-16(21)9-11-3-6-13(24-2)7-4-11/h3-8,10H,9H2,1-2H3. The van der Waals surface area contributed by atoms with Crippen LogP contribution >= 0.6 is 23.1 Å². The molecule has 1 heterocycles. The summed E-state index contributed by atoms with van der Waals surface area (Å²) in [5.74, 6) is -0.242. The van der Waals surface area contributed by atoms with Gasteiger partial charge in [0.25, 0.3) is 11.6 Å². The summed E-state index contributed by atoms with van der Waals surface area (Å²) in [6.45, 7) is 0. The number of carbonyl (C=O) groups is 1. The van der Waals surface area contributed by atoms with Gasteiger partial charge in [-0.15, -0.1) is 11.8 Å². The zero-order valence-corrected chi connectivity index (χ0v) is 15.3. The van der Waals surface area contributed by atoms with Crippen LogP contribution in [0.25, 0.3) is 10.2 Å². The molecular weight excluding hydrogens is 358 g/mol. The Morgan fingerprint density at radius 1 is 1.28 bits per heavy atom. The lowest BCUT2D eigenvalue weighted by Gasteiger charge is -1.99. The average Bonchev–Trinajstić information content (AvgIpc) is 2.90. The number of benzene rings is 2. The van der Waals surface area contributed by atoms with Crippen molar-refractivity contribution in [2.75, 3.05) is 6.26 Å². The molecule has 2 aromatic carbocycles. The first kappa shape index (κ1) is 17.4. The summed E-state index contributed by atoms with van der Waals surface area (Å²) in [7, 11) is 1.80. The van der Waals surface area contributed by atoms with E-state index in [0.717, 1.165) is 20.7 Å². The zero-order valence-electron chi connectivity index (χ0n) is 13.6. The summed E-state index contributed by atoms with van der Waals surface area (Å²) >= 11 is 2.92. The van der Waals surface area contributed by atoms with Gasteiger partial charge in [0.05, 0.1) is 21.6 Å². The van der Waals surface area contributed by atoms with E-state index in [2.05, 4.69) is 4.99 Å². The summed E-state index contributed by atoms with van der Waals surface area (Å²) in [5.41, 5.74) is 1.75. The van der Waals surface area contributed by atoms with E-state index in [4.69, 9.17) is 0 Å². The molecule has 0 bridgehead atoms. The Morgan fingerprint density at radius 2 is 2.00 bits per heavy atom. The van der Waals surface area contributed by atoms with E-state index in [1.807, 2.05) is 30.5 Å². The van der Waals surface area contributed by atoms with E-state index in [0.29, 0.717) is 4.80 Å². The minimum absolute atomic E-state index is 0.0288. The van der Waals surface area contributed by atoms with Gasteiger partial charge >= 0.3 is 0 Å². The molecule has 0 aliphatic heterocycles. The number of nitrogens with zero attached hydrogens (tertiary/aromatic N) is 3. The minimum atomic E-state index is -0.431. The lowest BCUT2D eigenvalue weighted by Crippen LogP contribution is -2.14. The summed E-state index contributed by atoms with van der Waals surface area (Å²) in [6.07, 6.45) is 2.23. The normalized spacial score (nSPS) is 11.8. The van der Waals surface area contributed by atoms with Crippen LogP contribution in [0.4, 0.5) is 5.69 Å². The molecule has 1 aromatic heterocycles. The summed E-state index contributed by atoms with van der Waals surface area (Å²) < 4.78 is 2.51. The molecule has 0 fully saturated rings. The van der Waals surface area contributed by atoms with Crippen molar-refractivity contribution in [2.24, 2.45) is 12.0 Å². The summed E-state index contributed by atoms with van der Waals surface area (Å²) in [6, 6.07) is 12.4. The topological polar surface area (TPSA) is 77.5 Å². The van der Waals surface area contributed by atoms with Gasteiger partial charge in [0.15, 0.2) is 4.80 Å². The second kappa shape index (κ2) is 7.20. The smallest absolute Gasteiger partial charge is 0.270 e. The average molecular weight is 373 g/mol. The van der Waals surface area contributed by atoms with Crippen LogP contribution in [0, 0.1) is 10.1 Å². The van der Waals surface area contributed by atoms with Crippen molar-refractivity contribution in [3.8, 4) is 0 Å². The Kier molecular flexibility index (Phi) is 5.00. The number of rotatable bonds is 4. The number of carbonyl (C=O) groups excluding carboxylic acids is 1. The third kappa shape index (κ3) is 3.80. The number of hydrogen-bond donors (Lipinski definition) is 0. The lowest BCUT2D eigenvalue weighted by atomic mass is 10.1. The molecule has 0 saturated carbocycles. The minimum Gasteiger partial charge on any atom is -0.319 e. The van der Waals surface area contributed by atoms with Gasteiger partial charge in [0.1, 0.15) is 0 Å². The van der Waals surface area contributed by atoms with E-state index in [1.165, 1.54) is 23.5 Å². The number of fused-ring (bicyclic) bond motifs is 1. The second-order valence-electron chi connectivity index (χ2n) is 5.38. The Hall–Kier alpha value is -2.45. The molecule has 128 valence electrons. The Balaban J connectivity index is 1.90. The van der Waals surface area contributed by atoms with Crippen LogP contribution in [0.2, 0.25) is 0 Å². The monoisotopic (exact) mass is 373 g/mol. The molecule has 0 atom stereocenters. The van der Waals surface area contributed by atoms with E-state index >= 15 is 0 Å². The van der Waals surface area contributed by atoms with Gasteiger partial charge in [-0.3, -0.25) is 14.9 Å². The fraction of sp³-hybridized carbons (Fsp3) is 0.176. The molecule has 0 spiro atoms. The van der Waals surface area contributed by atoms with Crippen LogP contribution in [-0.2, 0) is 18.3 Å². The highest BCUT2D eigenvalue weighted by molar-refractivity contribution is 7.98. The summed E-state index contributed by atoms with van der Waals surface area (Å²) in [4.78, 5) is 28.6. The molecule has 0 unspecified atom stereocenters. The third-order valence-corrected chi connectivity index (χ3v) is 5.58. The molecular formula is C17H15N3O3S2. The fourth-order valence-corrected chi connectivity index (χ4v) is 3.88. The molecule has 0 saturated heterocycles. The maximum absolute atomic E-state index is 12.3. The van der Waals surface area contributed by atoms with Gasteiger partial charge in [-0.05, 0) is 30.0 Å². The lowest BCUT2D eigenvalue weighted by molar-refractivity contribution is -0.384. The molecule has 3 aromatic rings. The highest BCUT2D eigenvalue weighted by Crippen LogP contribution is 2.22. The van der Waals surface area contributed by atoms with Crippen LogP contribution in [0.3, 0.4) is 0 Å². The molecule has 0 N–H and O–H groups in total. The van der Waals surface area contributed by atoms with Crippen molar-refractivity contribution in [1.82, 2.24) is 4.57 Å². The fourth-order valence-electron chi connectivity index (χ4n) is 2.41. The van der Waals surface area contributed by atoms with E-state index in [-0.39, 0.29) is 18.0 Å². The number of non-ortho nitro benzene ring substituents is 1. The highest BCUT2D eigenvalue weighted by atomic mass is 32.2. The van der Waals surface area contributed by atoms with Gasteiger partial charge in [-0.1, -0.05) is 23.5 Å². The van der Waals surface area contributed by atoms with Crippen LogP contribution in [0.5, 0.6) is 0 Å². The Labute approximate surface area is 152 Å². The van der Waals surface area contributed by atoms with Crippen molar-refractivity contribution in [2.45, 2.75) is 11.3 Å². The van der Waals surface area contributed by atoms with Crippen molar-refractivity contribution >= 4 is 44.9 Å². The number of aryl methyl sites for hydroxylation is 1. The number of nitro benzene ring substituents is 1. The van der Waals surface area contributed by atoms with Crippen molar-refractivity contribution < 1.29 is 9.72 Å². The number of nitro groups is 1. The van der Waals surface area contributed by atoms with Crippen molar-refractivity contribution in [1.29, 1.82) is 0 Å². The van der Waals surface area contributed by atoms with Gasteiger partial charge in [0, 0.05) is 24.1 Å². The molecule has 0 aliphatic rings. The van der Waals surface area contributed by atoms with Gasteiger partial charge < -0.3 is 4.57 Å². The van der Waals surface area contributed by atoms with Crippen molar-refractivity contribution in [3.05, 3.63) is 62.9 Å². The predicted octanol–water partition coefficient (Wildman–Crippen LogP) is 3.54. The largest absolute Gasteiger partial charge is 0.319 e. The van der Waals surface area contributed by atoms with Gasteiger partial charge in [-0.25, -0.2) is 0 Å². The van der Waals surface area contributed by atoms with Gasteiger partial charge in [-0.2, -0.15) is 4.99 Å². The number of amides is 1. The first-order valence-corrected chi connectivity index (χ1v) is 9.46. The Bertz CT molecular complexity index is 1020. The predicted molar refractivity (Wildman–Crippen MR) is 99.9 cm³/mol. The molecule has 1 amide bonds. The molecule has 8 heteroatoms. The highest BCUT2D eigenvalue weighted by Gasteiger charge is 2.11. The molecule has 25 heavy (non-hydrogen) atoms. The molecule has 6 nitrogen and oxygen atoms in total. The molecule has 3 rings (SSSR count). The quantitative estimate of drug-likeness (QED) is 0.398. The first-order valence-electron chi connectivity index (χ1n) is 7.42. The van der Waals surface area contributed by atoms with Crippen molar-refractivity contribution in [3.63, 3.8) is 0 Å². The number of hydrogen-bond acceptors (Lipinski definition) is 5. The number of thiazole rings is 1. The van der Waals surface area contributed by atoms with Crippen LogP contribution in [0.1, 0.15) is 5.56 Å². The van der Waals surface area contributed by atoms with Crippen LogP contribution < -0.4 is 4.80 Å². The third-order valence-electron chi connectivity index (χ3n) is 3.74. The van der Waals surface area contributed by atoms with E-state index < -0.39 is 4.92 Å². The second-order valence-corrected chi connectivity index (χ2v) is 7.27. The zero-order chi connectivity index (χ0) is 18.0. The van der Waals surface area contributed by atoms with Crippen LogP contribution in [0.15, 0.2) is 52.4 Å². The summed E-state index contributed by atoms with van der Waals surface area (Å²) in [5, 5.41) is 10.9. The van der Waals surface area contributed by atoms with E-state index in [9.17, 15) is 14.9 Å². The molecule has 0 radical (unpaired) electrons. The first-order chi connectivity index (χ1) is 12.0. The number of aromatic nitrogens is 1.